The first kappa shape index (κ1) is 14.2. The van der Waals surface area contributed by atoms with Crippen LogP contribution in [0.3, 0.4) is 0 Å². The number of hydrogen-bond acceptors (Lipinski definition) is 3. The lowest BCUT2D eigenvalue weighted by Gasteiger charge is -2.19. The Kier molecular flexibility index (Phi) is 6.26. The second kappa shape index (κ2) is 7.48. The molecule has 0 saturated carbocycles. The molecule has 0 amide bonds. The van der Waals surface area contributed by atoms with Crippen LogP contribution < -0.4 is 10.1 Å². The third-order valence-corrected chi connectivity index (χ3v) is 2.46. The molecule has 0 heterocycles. The smallest absolute Gasteiger partial charge is 0.138 e. The quantitative estimate of drug-likeness (QED) is 0.818. The Labute approximate surface area is 106 Å². The van der Waals surface area contributed by atoms with E-state index in [9.17, 15) is 4.39 Å². The second-order valence-corrected chi connectivity index (χ2v) is 3.98. The summed E-state index contributed by atoms with van der Waals surface area (Å²) in [7, 11) is 1.61. The van der Waals surface area contributed by atoms with Crippen molar-refractivity contribution >= 4 is 11.6 Å². The lowest BCUT2D eigenvalue weighted by molar-refractivity contribution is 0.0810. The van der Waals surface area contributed by atoms with E-state index in [1.54, 1.807) is 7.11 Å². The van der Waals surface area contributed by atoms with Gasteiger partial charge in [-0.2, -0.15) is 0 Å². The zero-order valence-electron chi connectivity index (χ0n) is 10.0. The van der Waals surface area contributed by atoms with Gasteiger partial charge in [0.05, 0.1) is 11.6 Å². The van der Waals surface area contributed by atoms with Gasteiger partial charge in [0, 0.05) is 13.7 Å². The molecular weight excluding hydrogens is 245 g/mol. The molecular formula is C12H17ClFNO2. The number of nitrogens with one attached hydrogen (secondary N) is 1. The van der Waals surface area contributed by atoms with Gasteiger partial charge >= 0.3 is 0 Å². The highest BCUT2D eigenvalue weighted by Gasteiger charge is 2.12. The van der Waals surface area contributed by atoms with Crippen molar-refractivity contribution in [3.63, 3.8) is 0 Å². The van der Waals surface area contributed by atoms with E-state index in [2.05, 4.69) is 5.32 Å². The van der Waals surface area contributed by atoms with E-state index in [0.717, 1.165) is 6.54 Å². The molecule has 0 aliphatic heterocycles. The molecule has 1 aromatic carbocycles. The molecule has 0 aliphatic rings. The highest BCUT2D eigenvalue weighted by atomic mass is 35.5. The molecule has 17 heavy (non-hydrogen) atoms. The minimum atomic E-state index is -0.377. The summed E-state index contributed by atoms with van der Waals surface area (Å²) in [6.45, 7) is 3.95. The van der Waals surface area contributed by atoms with E-state index in [1.807, 2.05) is 6.92 Å². The van der Waals surface area contributed by atoms with E-state index in [4.69, 9.17) is 21.1 Å². The Hall–Kier alpha value is -0.840. The molecule has 0 aliphatic carbocycles. The molecule has 0 spiro atoms. The average Bonchev–Trinajstić information content (AvgIpc) is 2.29. The Balaban J connectivity index is 2.64. The Morgan fingerprint density at radius 3 is 2.82 bits per heavy atom. The number of methoxy groups -OCH3 is 1. The SMILES string of the molecule is CCNCC(COC)Oc1ccc(F)cc1Cl. The predicted molar refractivity (Wildman–Crippen MR) is 66.2 cm³/mol. The fourth-order valence-corrected chi connectivity index (χ4v) is 1.59. The monoisotopic (exact) mass is 261 g/mol. The van der Waals surface area contributed by atoms with Crippen LogP contribution >= 0.6 is 11.6 Å². The van der Waals surface area contributed by atoms with Crippen molar-refractivity contribution in [1.82, 2.24) is 5.32 Å². The van der Waals surface area contributed by atoms with Gasteiger partial charge in [0.2, 0.25) is 0 Å². The molecule has 1 N–H and O–H groups in total. The maximum Gasteiger partial charge on any atom is 0.138 e. The van der Waals surface area contributed by atoms with Crippen LogP contribution in [-0.2, 0) is 4.74 Å². The van der Waals surface area contributed by atoms with Crippen molar-refractivity contribution < 1.29 is 13.9 Å². The number of benzene rings is 1. The zero-order valence-corrected chi connectivity index (χ0v) is 10.8. The second-order valence-electron chi connectivity index (χ2n) is 3.58. The van der Waals surface area contributed by atoms with Crippen LogP contribution in [0.1, 0.15) is 6.92 Å². The fourth-order valence-electron chi connectivity index (χ4n) is 1.38. The molecule has 0 bridgehead atoms. The zero-order chi connectivity index (χ0) is 12.7. The fraction of sp³-hybridized carbons (Fsp3) is 0.500. The van der Waals surface area contributed by atoms with Crippen molar-refractivity contribution in [2.75, 3.05) is 26.8 Å². The van der Waals surface area contributed by atoms with Gasteiger partial charge in [-0.05, 0) is 24.7 Å². The number of ether oxygens (including phenoxy) is 2. The van der Waals surface area contributed by atoms with Gasteiger partial charge in [-0.15, -0.1) is 0 Å². The number of likely N-dealkylation sites (N-methyl/N-ethyl adjacent to an activating group) is 1. The summed E-state index contributed by atoms with van der Waals surface area (Å²) in [5.41, 5.74) is 0. The minimum absolute atomic E-state index is 0.150. The van der Waals surface area contributed by atoms with Gasteiger partial charge in [0.1, 0.15) is 17.7 Å². The van der Waals surface area contributed by atoms with Crippen LogP contribution in [0, 0.1) is 5.82 Å². The molecule has 96 valence electrons. The summed E-state index contributed by atoms with van der Waals surface area (Å²) in [5.74, 6) is 0.0883. The van der Waals surface area contributed by atoms with Gasteiger partial charge < -0.3 is 14.8 Å². The average molecular weight is 262 g/mol. The normalized spacial score (nSPS) is 12.5. The summed E-state index contributed by atoms with van der Waals surface area (Å²) in [5, 5.41) is 3.43. The topological polar surface area (TPSA) is 30.5 Å². The van der Waals surface area contributed by atoms with Crippen molar-refractivity contribution in [1.29, 1.82) is 0 Å². The first-order valence-corrected chi connectivity index (χ1v) is 5.86. The van der Waals surface area contributed by atoms with Crippen molar-refractivity contribution in [2.45, 2.75) is 13.0 Å². The minimum Gasteiger partial charge on any atom is -0.485 e. The highest BCUT2D eigenvalue weighted by molar-refractivity contribution is 6.32. The standard InChI is InChI=1S/C12H17ClFNO2/c1-3-15-7-10(8-16-2)17-12-5-4-9(14)6-11(12)13/h4-6,10,15H,3,7-8H2,1-2H3. The van der Waals surface area contributed by atoms with Gasteiger partial charge in [-0.3, -0.25) is 0 Å². The van der Waals surface area contributed by atoms with Crippen molar-refractivity contribution in [2.24, 2.45) is 0 Å². The van der Waals surface area contributed by atoms with E-state index in [1.165, 1.54) is 18.2 Å². The summed E-state index contributed by atoms with van der Waals surface area (Å²) in [6, 6.07) is 4.07. The first-order chi connectivity index (χ1) is 8.17. The molecule has 1 aromatic rings. The molecule has 1 rings (SSSR count). The van der Waals surface area contributed by atoms with E-state index in [0.29, 0.717) is 18.9 Å². The first-order valence-electron chi connectivity index (χ1n) is 5.48. The Morgan fingerprint density at radius 1 is 1.47 bits per heavy atom. The van der Waals surface area contributed by atoms with E-state index in [-0.39, 0.29) is 16.9 Å². The molecule has 0 saturated heterocycles. The maximum atomic E-state index is 12.9. The summed E-state index contributed by atoms with van der Waals surface area (Å²) < 4.78 is 23.6. The number of halogens is 2. The lowest BCUT2D eigenvalue weighted by Crippen LogP contribution is -2.34. The predicted octanol–water partition coefficient (Wildman–Crippen LogP) is 2.48. The molecule has 0 aromatic heterocycles. The summed E-state index contributed by atoms with van der Waals surface area (Å²) in [4.78, 5) is 0. The number of rotatable bonds is 7. The third kappa shape index (κ3) is 4.89. The van der Waals surface area contributed by atoms with E-state index < -0.39 is 0 Å². The van der Waals surface area contributed by atoms with E-state index >= 15 is 0 Å². The maximum absolute atomic E-state index is 12.9. The number of hydrogen-bond donors (Lipinski definition) is 1. The van der Waals surface area contributed by atoms with Crippen LogP contribution in [0.15, 0.2) is 18.2 Å². The van der Waals surface area contributed by atoms with Gasteiger partial charge in [-0.1, -0.05) is 18.5 Å². The van der Waals surface area contributed by atoms with Crippen LogP contribution in [0.4, 0.5) is 4.39 Å². The molecule has 0 fully saturated rings. The lowest BCUT2D eigenvalue weighted by atomic mass is 10.3. The van der Waals surface area contributed by atoms with Crippen molar-refractivity contribution in [3.05, 3.63) is 29.0 Å². The van der Waals surface area contributed by atoms with Crippen LogP contribution in [0.2, 0.25) is 5.02 Å². The largest absolute Gasteiger partial charge is 0.485 e. The Bertz CT molecular complexity index is 349. The van der Waals surface area contributed by atoms with Crippen LogP contribution in [0.25, 0.3) is 0 Å². The highest BCUT2D eigenvalue weighted by Crippen LogP contribution is 2.25. The van der Waals surface area contributed by atoms with Crippen molar-refractivity contribution in [3.8, 4) is 5.75 Å². The molecule has 5 heteroatoms. The van der Waals surface area contributed by atoms with Gasteiger partial charge in [0.15, 0.2) is 0 Å². The molecule has 0 radical (unpaired) electrons. The molecule has 1 atom stereocenters. The van der Waals surface area contributed by atoms with Crippen LogP contribution in [-0.4, -0.2) is 32.9 Å². The summed E-state index contributed by atoms with van der Waals surface area (Å²) in [6.07, 6.45) is -0.150. The molecule has 3 nitrogen and oxygen atoms in total. The van der Waals surface area contributed by atoms with Crippen LogP contribution in [0.5, 0.6) is 5.75 Å². The Morgan fingerprint density at radius 2 is 2.24 bits per heavy atom. The summed E-state index contributed by atoms with van der Waals surface area (Å²) >= 11 is 5.88. The van der Waals surface area contributed by atoms with Gasteiger partial charge in [-0.25, -0.2) is 4.39 Å². The third-order valence-electron chi connectivity index (χ3n) is 2.16. The molecule has 1 unspecified atom stereocenters. The van der Waals surface area contributed by atoms with Gasteiger partial charge in [0.25, 0.3) is 0 Å².